The normalized spacial score (nSPS) is 21.3. The third-order valence-corrected chi connectivity index (χ3v) is 5.20. The highest BCUT2D eigenvalue weighted by Gasteiger charge is 2.54. The van der Waals surface area contributed by atoms with Crippen LogP contribution < -0.4 is 5.32 Å². The van der Waals surface area contributed by atoms with Gasteiger partial charge in [-0.05, 0) is 78.5 Å². The monoisotopic (exact) mass is 443 g/mol. The summed E-state index contributed by atoms with van der Waals surface area (Å²) in [4.78, 5) is 42.8. The van der Waals surface area contributed by atoms with Gasteiger partial charge in [0.25, 0.3) is 5.91 Å². The molecule has 0 saturated carbocycles. The predicted octanol–water partition coefficient (Wildman–Crippen LogP) is 3.83. The fraction of sp³-hybridized carbons (Fsp3) is 0.542. The van der Waals surface area contributed by atoms with Crippen molar-refractivity contribution in [2.45, 2.75) is 84.6 Å². The van der Waals surface area contributed by atoms with Gasteiger partial charge in [0, 0.05) is 11.9 Å². The molecule has 0 bridgehead atoms. The topological polar surface area (TPSA) is 101 Å². The number of allylic oxidation sites excluding steroid dienone is 2. The fourth-order valence-corrected chi connectivity index (χ4v) is 3.84. The van der Waals surface area contributed by atoms with Gasteiger partial charge < -0.3 is 19.8 Å². The maximum atomic E-state index is 13.1. The van der Waals surface area contributed by atoms with E-state index in [-0.39, 0.29) is 17.6 Å². The molecule has 0 radical (unpaired) electrons. The lowest BCUT2D eigenvalue weighted by molar-refractivity contribution is -0.161. The van der Waals surface area contributed by atoms with Crippen LogP contribution in [0.15, 0.2) is 29.6 Å². The Kier molecular flexibility index (Phi) is 6.26. The number of carbonyl (C=O) groups is 3. The highest BCUT2D eigenvalue weighted by atomic mass is 16.6. The summed E-state index contributed by atoms with van der Waals surface area (Å²) < 4.78 is 10.9. The number of aromatic nitrogens is 1. The molecule has 8 nitrogen and oxygen atoms in total. The number of nitrogens with zero attached hydrogens (tertiary/aromatic N) is 1. The first-order chi connectivity index (χ1) is 14.8. The van der Waals surface area contributed by atoms with Crippen molar-refractivity contribution in [1.29, 1.82) is 0 Å². The van der Waals surface area contributed by atoms with E-state index in [0.29, 0.717) is 12.8 Å². The molecule has 2 aliphatic rings. The average Bonchev–Trinajstić information content (AvgIpc) is 3.05. The first kappa shape index (κ1) is 23.6. The second kappa shape index (κ2) is 8.48. The van der Waals surface area contributed by atoms with Crippen LogP contribution in [-0.4, -0.2) is 51.1 Å². The lowest BCUT2D eigenvalue weighted by Crippen LogP contribution is -2.72. The van der Waals surface area contributed by atoms with Gasteiger partial charge in [-0.3, -0.25) is 9.69 Å². The van der Waals surface area contributed by atoms with Gasteiger partial charge in [-0.2, -0.15) is 0 Å². The number of aromatic amines is 1. The molecule has 0 aromatic carbocycles. The molecule has 0 spiro atoms. The Bertz CT molecular complexity index is 974. The number of ether oxygens (including phenoxy) is 2. The van der Waals surface area contributed by atoms with Crippen molar-refractivity contribution < 1.29 is 23.9 Å². The summed E-state index contributed by atoms with van der Waals surface area (Å²) in [5.74, 6) is -0.887. The molecule has 2 unspecified atom stereocenters. The van der Waals surface area contributed by atoms with E-state index in [0.717, 1.165) is 16.8 Å². The minimum Gasteiger partial charge on any atom is -0.455 e. The summed E-state index contributed by atoms with van der Waals surface area (Å²) in [5.41, 5.74) is 1.62. The van der Waals surface area contributed by atoms with Crippen molar-refractivity contribution in [3.63, 3.8) is 0 Å². The summed E-state index contributed by atoms with van der Waals surface area (Å²) in [6.45, 7) is 12.6. The lowest BCUT2D eigenvalue weighted by Gasteiger charge is -2.50. The zero-order valence-electron chi connectivity index (χ0n) is 19.9. The van der Waals surface area contributed by atoms with E-state index >= 15 is 0 Å². The number of hydrogen-bond donors (Lipinski definition) is 2. The van der Waals surface area contributed by atoms with Crippen LogP contribution in [-0.2, 0) is 19.1 Å². The molecule has 1 fully saturated rings. The SMILES string of the molecule is Cc1[nH]ccc1/C=C\C1=C(C(=O)OC(C)(C)C)N2C(=O)C(NC(=O)OC(C)(C)C)C2CC1. The van der Waals surface area contributed by atoms with E-state index in [9.17, 15) is 14.4 Å². The summed E-state index contributed by atoms with van der Waals surface area (Å²) in [5, 5.41) is 2.66. The van der Waals surface area contributed by atoms with Crippen molar-refractivity contribution in [1.82, 2.24) is 15.2 Å². The van der Waals surface area contributed by atoms with E-state index in [2.05, 4.69) is 10.3 Å². The average molecular weight is 444 g/mol. The number of rotatable bonds is 4. The number of hydrogen-bond acceptors (Lipinski definition) is 5. The Labute approximate surface area is 189 Å². The van der Waals surface area contributed by atoms with Crippen LogP contribution in [0.25, 0.3) is 6.08 Å². The van der Waals surface area contributed by atoms with Crippen LogP contribution >= 0.6 is 0 Å². The predicted molar refractivity (Wildman–Crippen MR) is 120 cm³/mol. The molecule has 0 aliphatic carbocycles. The number of alkyl carbamates (subject to hydrolysis) is 1. The van der Waals surface area contributed by atoms with Crippen molar-refractivity contribution in [2.24, 2.45) is 0 Å². The number of β-lactam (4-membered cyclic amide) rings is 1. The molecule has 1 aromatic heterocycles. The second-order valence-electron chi connectivity index (χ2n) is 10.2. The van der Waals surface area contributed by atoms with Gasteiger partial charge in [0.05, 0.1) is 6.04 Å². The Morgan fingerprint density at radius 3 is 2.34 bits per heavy atom. The standard InChI is InChI=1S/C24H33N3O5/c1-14-15(12-13-25-14)8-9-16-10-11-17-18(26-22(30)32-24(5,6)7)20(28)27(17)19(16)21(29)31-23(2,3)4/h8-9,12-13,17-18,25H,10-11H2,1-7H3,(H,26,30)/b9-8-. The van der Waals surface area contributed by atoms with Gasteiger partial charge in [-0.1, -0.05) is 12.2 Å². The molecule has 174 valence electrons. The highest BCUT2D eigenvalue weighted by Crippen LogP contribution is 2.38. The third kappa shape index (κ3) is 5.23. The van der Waals surface area contributed by atoms with E-state index in [1.54, 1.807) is 41.5 Å². The van der Waals surface area contributed by atoms with Crippen LogP contribution in [0.3, 0.4) is 0 Å². The third-order valence-electron chi connectivity index (χ3n) is 5.20. The van der Waals surface area contributed by atoms with Crippen molar-refractivity contribution in [2.75, 3.05) is 0 Å². The molecule has 2 amide bonds. The molecular weight excluding hydrogens is 410 g/mol. The van der Waals surface area contributed by atoms with Gasteiger partial charge in [0.2, 0.25) is 0 Å². The molecule has 2 aliphatic heterocycles. The molecule has 2 N–H and O–H groups in total. The smallest absolute Gasteiger partial charge is 0.408 e. The largest absolute Gasteiger partial charge is 0.455 e. The molecule has 3 rings (SSSR count). The number of amides is 2. The number of fused-ring (bicyclic) bond motifs is 1. The van der Waals surface area contributed by atoms with E-state index < -0.39 is 29.3 Å². The van der Waals surface area contributed by atoms with Gasteiger partial charge in [-0.15, -0.1) is 0 Å². The fourth-order valence-electron chi connectivity index (χ4n) is 3.84. The molecule has 8 heteroatoms. The summed E-state index contributed by atoms with van der Waals surface area (Å²) in [7, 11) is 0. The van der Waals surface area contributed by atoms with E-state index in [1.165, 1.54) is 4.90 Å². The maximum absolute atomic E-state index is 13.1. The molecule has 2 atom stereocenters. The number of esters is 1. The number of nitrogens with one attached hydrogen (secondary N) is 2. The van der Waals surface area contributed by atoms with Crippen LogP contribution in [0.1, 0.15) is 65.6 Å². The minimum atomic E-state index is -0.722. The Balaban J connectivity index is 1.87. The molecular formula is C24H33N3O5. The summed E-state index contributed by atoms with van der Waals surface area (Å²) in [6, 6.07) is 0.907. The number of carbonyl (C=O) groups excluding carboxylic acids is 3. The van der Waals surface area contributed by atoms with Crippen LogP contribution in [0.2, 0.25) is 0 Å². The summed E-state index contributed by atoms with van der Waals surface area (Å²) in [6.07, 6.45) is 6.19. The molecule has 1 saturated heterocycles. The van der Waals surface area contributed by atoms with Gasteiger partial charge >= 0.3 is 12.1 Å². The molecule has 1 aromatic rings. The Morgan fingerprint density at radius 1 is 1.12 bits per heavy atom. The van der Waals surface area contributed by atoms with Crippen LogP contribution in [0, 0.1) is 6.92 Å². The Morgan fingerprint density at radius 2 is 1.78 bits per heavy atom. The Hall–Kier alpha value is -3.03. The van der Waals surface area contributed by atoms with E-state index in [1.807, 2.05) is 31.3 Å². The maximum Gasteiger partial charge on any atom is 0.408 e. The summed E-state index contributed by atoms with van der Waals surface area (Å²) >= 11 is 0. The van der Waals surface area contributed by atoms with Gasteiger partial charge in [0.15, 0.2) is 0 Å². The second-order valence-corrected chi connectivity index (χ2v) is 10.2. The molecule has 3 heterocycles. The first-order valence-electron chi connectivity index (χ1n) is 10.9. The minimum absolute atomic E-state index is 0.243. The van der Waals surface area contributed by atoms with Crippen molar-refractivity contribution in [3.8, 4) is 0 Å². The van der Waals surface area contributed by atoms with Gasteiger partial charge in [0.1, 0.15) is 22.9 Å². The zero-order chi connectivity index (χ0) is 23.8. The van der Waals surface area contributed by atoms with Crippen LogP contribution in [0.5, 0.6) is 0 Å². The van der Waals surface area contributed by atoms with E-state index in [4.69, 9.17) is 9.47 Å². The molecule has 32 heavy (non-hydrogen) atoms. The first-order valence-corrected chi connectivity index (χ1v) is 10.9. The quantitative estimate of drug-likeness (QED) is 0.544. The van der Waals surface area contributed by atoms with Gasteiger partial charge in [-0.25, -0.2) is 9.59 Å². The number of aryl methyl sites for hydroxylation is 1. The lowest BCUT2D eigenvalue weighted by atomic mass is 9.83. The van der Waals surface area contributed by atoms with Crippen molar-refractivity contribution in [3.05, 3.63) is 40.9 Å². The van der Waals surface area contributed by atoms with Crippen LogP contribution in [0.4, 0.5) is 4.79 Å². The number of H-pyrrole nitrogens is 1. The zero-order valence-corrected chi connectivity index (χ0v) is 19.9. The highest BCUT2D eigenvalue weighted by molar-refractivity contribution is 6.02. The van der Waals surface area contributed by atoms with Crippen molar-refractivity contribution >= 4 is 24.0 Å².